The lowest BCUT2D eigenvalue weighted by Crippen LogP contribution is -2.21. The third-order valence-corrected chi connectivity index (χ3v) is 6.27. The largest absolute Gasteiger partial charge is 0.609 e. The minimum absolute atomic E-state index is 0.115. The van der Waals surface area contributed by atoms with Gasteiger partial charge >= 0.3 is 5.16 Å². The molecule has 1 fully saturated rings. The number of imidazole rings is 1. The van der Waals surface area contributed by atoms with Gasteiger partial charge < -0.3 is 18.8 Å². The van der Waals surface area contributed by atoms with E-state index in [-0.39, 0.29) is 11.9 Å². The summed E-state index contributed by atoms with van der Waals surface area (Å²) in [5, 5.41) is 0.463. The van der Waals surface area contributed by atoms with Crippen LogP contribution in [0.15, 0.2) is 41.7 Å². The maximum absolute atomic E-state index is 12.8. The monoisotopic (exact) mass is 429 g/mol. The van der Waals surface area contributed by atoms with Crippen LogP contribution >= 0.6 is 0 Å². The van der Waals surface area contributed by atoms with Crippen molar-refractivity contribution in [2.24, 2.45) is 0 Å². The van der Waals surface area contributed by atoms with Crippen LogP contribution in [0.3, 0.4) is 0 Å². The average Bonchev–Trinajstić information content (AvgIpc) is 3.30. The van der Waals surface area contributed by atoms with Crippen molar-refractivity contribution in [3.05, 3.63) is 47.8 Å². The van der Waals surface area contributed by atoms with E-state index in [1.54, 1.807) is 6.20 Å². The van der Waals surface area contributed by atoms with Gasteiger partial charge in [0, 0.05) is 22.9 Å². The summed E-state index contributed by atoms with van der Waals surface area (Å²) >= 11 is -1.32. The minimum atomic E-state index is -1.32. The number of nitrogens with one attached hydrogen (secondary N) is 1. The van der Waals surface area contributed by atoms with Crippen LogP contribution in [0.1, 0.15) is 37.9 Å². The van der Waals surface area contributed by atoms with Crippen molar-refractivity contribution >= 4 is 22.2 Å². The van der Waals surface area contributed by atoms with Crippen LogP contribution in [-0.2, 0) is 26.4 Å². The Labute approximate surface area is 179 Å². The maximum Gasteiger partial charge on any atom is 0.322 e. The van der Waals surface area contributed by atoms with Gasteiger partial charge in [-0.25, -0.2) is 0 Å². The van der Waals surface area contributed by atoms with Crippen LogP contribution in [0, 0.1) is 6.92 Å². The normalized spacial score (nSPS) is 19.3. The molecule has 1 unspecified atom stereocenters. The second-order valence-electron chi connectivity index (χ2n) is 7.87. The molecule has 0 amide bonds. The van der Waals surface area contributed by atoms with Crippen LogP contribution in [-0.4, -0.2) is 44.6 Å². The maximum atomic E-state index is 12.8. The number of hydrogen-bond donors (Lipinski definition) is 1. The predicted molar refractivity (Wildman–Crippen MR) is 115 cm³/mol. The zero-order valence-corrected chi connectivity index (χ0v) is 18.3. The molecule has 0 bridgehead atoms. The Morgan fingerprint density at radius 2 is 2.13 bits per heavy atom. The molecule has 1 aliphatic rings. The highest BCUT2D eigenvalue weighted by molar-refractivity contribution is 7.90. The van der Waals surface area contributed by atoms with Gasteiger partial charge in [-0.2, -0.15) is 4.98 Å². The Kier molecular flexibility index (Phi) is 6.29. The van der Waals surface area contributed by atoms with E-state index in [2.05, 4.69) is 15.0 Å². The molecule has 2 atom stereocenters. The number of fused-ring (bicyclic) bond motifs is 1. The molecule has 0 saturated carbocycles. The van der Waals surface area contributed by atoms with Gasteiger partial charge in [-0.3, -0.25) is 9.97 Å². The number of aromatic amines is 1. The molecule has 7 nitrogen and oxygen atoms in total. The third-order valence-electron chi connectivity index (χ3n) is 5.11. The molecular formula is C22H27N3O4S. The lowest BCUT2D eigenvalue weighted by molar-refractivity contribution is -0.139. The van der Waals surface area contributed by atoms with Gasteiger partial charge in [0.1, 0.15) is 5.75 Å². The second-order valence-corrected chi connectivity index (χ2v) is 9.24. The van der Waals surface area contributed by atoms with E-state index in [1.165, 1.54) is 0 Å². The molecule has 1 aliphatic heterocycles. The third kappa shape index (κ3) is 4.95. The average molecular weight is 430 g/mol. The number of benzene rings is 1. The summed E-state index contributed by atoms with van der Waals surface area (Å²) in [5.74, 6) is 0.563. The summed E-state index contributed by atoms with van der Waals surface area (Å²) in [7, 11) is 0. The van der Waals surface area contributed by atoms with Crippen molar-refractivity contribution in [3.8, 4) is 5.75 Å². The second kappa shape index (κ2) is 8.93. The summed E-state index contributed by atoms with van der Waals surface area (Å²) in [5.41, 5.74) is 3.34. The summed E-state index contributed by atoms with van der Waals surface area (Å²) in [6.07, 6.45) is 3.57. The molecule has 3 heterocycles. The van der Waals surface area contributed by atoms with Crippen molar-refractivity contribution in [3.63, 3.8) is 0 Å². The molecule has 30 heavy (non-hydrogen) atoms. The summed E-state index contributed by atoms with van der Waals surface area (Å²) in [4.78, 5) is 12.0. The molecule has 0 radical (unpaired) electrons. The molecule has 160 valence electrons. The summed E-state index contributed by atoms with van der Waals surface area (Å²) in [6, 6.07) is 9.50. The Morgan fingerprint density at radius 3 is 2.90 bits per heavy atom. The minimum Gasteiger partial charge on any atom is -0.609 e. The molecule has 1 saturated heterocycles. The van der Waals surface area contributed by atoms with E-state index in [0.29, 0.717) is 18.4 Å². The van der Waals surface area contributed by atoms with Crippen molar-refractivity contribution in [1.29, 1.82) is 0 Å². The first-order valence-electron chi connectivity index (χ1n) is 10.1. The zero-order chi connectivity index (χ0) is 21.1. The lowest BCUT2D eigenvalue weighted by atomic mass is 10.2. The van der Waals surface area contributed by atoms with E-state index in [1.807, 2.05) is 51.1 Å². The number of nitrogens with zero attached hydrogens (tertiary/aromatic N) is 2. The van der Waals surface area contributed by atoms with Crippen molar-refractivity contribution < 1.29 is 18.8 Å². The molecule has 1 aromatic carbocycles. The Hall–Kier alpha value is -2.13. The SMILES string of the molecule is Cc1c(OCCC[C@@H]2COC(C)(C)O2)ccnc1C[S+]([O-])c1nc2ccccc2[nH]1. The number of pyridine rings is 1. The van der Waals surface area contributed by atoms with Crippen LogP contribution in [0.5, 0.6) is 5.75 Å². The highest BCUT2D eigenvalue weighted by Crippen LogP contribution is 2.26. The number of ether oxygens (including phenoxy) is 3. The first-order valence-corrected chi connectivity index (χ1v) is 11.5. The summed E-state index contributed by atoms with van der Waals surface area (Å²) in [6.45, 7) is 7.02. The van der Waals surface area contributed by atoms with Gasteiger partial charge in [-0.05, 0) is 51.8 Å². The van der Waals surface area contributed by atoms with Gasteiger partial charge in [0.15, 0.2) is 11.5 Å². The number of rotatable bonds is 8. The Morgan fingerprint density at radius 1 is 1.30 bits per heavy atom. The van der Waals surface area contributed by atoms with E-state index in [4.69, 9.17) is 14.2 Å². The topological polar surface area (TPSA) is 92.3 Å². The Balaban J connectivity index is 1.33. The van der Waals surface area contributed by atoms with Crippen LogP contribution < -0.4 is 4.74 Å². The van der Waals surface area contributed by atoms with E-state index >= 15 is 0 Å². The molecule has 0 aliphatic carbocycles. The first-order chi connectivity index (χ1) is 14.4. The first kappa shape index (κ1) is 21.1. The molecule has 3 aromatic rings. The van der Waals surface area contributed by atoms with Crippen LogP contribution in [0.25, 0.3) is 11.0 Å². The van der Waals surface area contributed by atoms with Crippen molar-refractivity contribution in [1.82, 2.24) is 15.0 Å². The molecule has 1 N–H and O–H groups in total. The van der Waals surface area contributed by atoms with Crippen molar-refractivity contribution in [2.75, 3.05) is 13.2 Å². The van der Waals surface area contributed by atoms with Gasteiger partial charge in [0.25, 0.3) is 0 Å². The van der Waals surface area contributed by atoms with E-state index < -0.39 is 17.0 Å². The fourth-order valence-electron chi connectivity index (χ4n) is 3.49. The summed E-state index contributed by atoms with van der Waals surface area (Å²) < 4.78 is 30.2. The number of hydrogen-bond acceptors (Lipinski definition) is 6. The van der Waals surface area contributed by atoms with Gasteiger partial charge in [0.2, 0.25) is 0 Å². The fourth-order valence-corrected chi connectivity index (χ4v) is 4.59. The standard InChI is InChI=1S/C22H27N3O4S/c1-15-19(14-30(26)21-24-17-8-4-5-9-18(17)25-21)23-11-10-20(15)27-12-6-7-16-13-28-22(2,3)29-16/h4-5,8-11,16H,6-7,12-14H2,1-3H3,(H,24,25)/t16-,30?/m1/s1. The highest BCUT2D eigenvalue weighted by atomic mass is 32.2. The highest BCUT2D eigenvalue weighted by Gasteiger charge is 2.32. The van der Waals surface area contributed by atoms with E-state index in [0.717, 1.165) is 40.9 Å². The quantitative estimate of drug-likeness (QED) is 0.431. The number of aromatic nitrogens is 3. The Bertz CT molecular complexity index is 974. The molecular weight excluding hydrogens is 402 g/mol. The van der Waals surface area contributed by atoms with E-state index in [9.17, 15) is 4.55 Å². The predicted octanol–water partition coefficient (Wildman–Crippen LogP) is 3.88. The molecule has 4 rings (SSSR count). The van der Waals surface area contributed by atoms with Crippen molar-refractivity contribution in [2.45, 2.75) is 56.4 Å². The molecule has 8 heteroatoms. The van der Waals surface area contributed by atoms with Gasteiger partial charge in [-0.1, -0.05) is 12.1 Å². The fraction of sp³-hybridized carbons (Fsp3) is 0.455. The number of H-pyrrole nitrogens is 1. The molecule has 0 spiro atoms. The van der Waals surface area contributed by atoms with Gasteiger partial charge in [-0.15, -0.1) is 0 Å². The van der Waals surface area contributed by atoms with Crippen LogP contribution in [0.2, 0.25) is 0 Å². The zero-order valence-electron chi connectivity index (χ0n) is 17.5. The van der Waals surface area contributed by atoms with Crippen LogP contribution in [0.4, 0.5) is 0 Å². The van der Waals surface area contributed by atoms with Gasteiger partial charge in [0.05, 0.1) is 36.0 Å². The molecule has 2 aromatic heterocycles. The lowest BCUT2D eigenvalue weighted by Gasteiger charge is -2.17. The smallest absolute Gasteiger partial charge is 0.322 e. The number of para-hydroxylation sites is 2.